The van der Waals surface area contributed by atoms with Gasteiger partial charge in [-0.15, -0.1) is 0 Å². The van der Waals surface area contributed by atoms with E-state index < -0.39 is 18.0 Å². The number of aliphatic carboxylic acids is 1. The van der Waals surface area contributed by atoms with E-state index in [-0.39, 0.29) is 18.9 Å². The molecule has 0 heterocycles. The number of allylic oxidation sites excluding steroid dienone is 1. The predicted molar refractivity (Wildman–Crippen MR) is 114 cm³/mol. The van der Waals surface area contributed by atoms with Crippen molar-refractivity contribution in [2.75, 3.05) is 27.7 Å². The van der Waals surface area contributed by atoms with E-state index in [9.17, 15) is 19.8 Å². The molecule has 0 saturated carbocycles. The molecule has 2 unspecified atom stereocenters. The van der Waals surface area contributed by atoms with Crippen molar-refractivity contribution in [1.82, 2.24) is 0 Å². The third kappa shape index (κ3) is 19.7. The molecular weight excluding hydrogens is 370 g/mol. The molecule has 0 aromatic carbocycles. The quantitative estimate of drug-likeness (QED) is 0.162. The number of carbonyl (C=O) groups excluding carboxylic acids is 2. The second-order valence-electron chi connectivity index (χ2n) is 8.98. The van der Waals surface area contributed by atoms with E-state index in [1.165, 1.54) is 25.7 Å². The summed E-state index contributed by atoms with van der Waals surface area (Å²) in [6, 6.07) is 0. The molecule has 0 aliphatic rings. The number of hydrogen-bond acceptors (Lipinski definition) is 5. The van der Waals surface area contributed by atoms with Gasteiger partial charge in [-0.1, -0.05) is 57.6 Å². The summed E-state index contributed by atoms with van der Waals surface area (Å²) in [4.78, 5) is 22.8. The molecule has 0 aliphatic carbocycles. The second-order valence-corrected chi connectivity index (χ2v) is 8.98. The Morgan fingerprint density at radius 2 is 1.62 bits per heavy atom. The fourth-order valence-corrected chi connectivity index (χ4v) is 3.24. The van der Waals surface area contributed by atoms with Gasteiger partial charge in [-0.2, -0.15) is 0 Å². The van der Waals surface area contributed by atoms with Gasteiger partial charge in [-0.05, 0) is 25.7 Å². The maximum Gasteiger partial charge on any atom is 0.310 e. The smallest absolute Gasteiger partial charge is 0.310 e. The van der Waals surface area contributed by atoms with Gasteiger partial charge in [-0.25, -0.2) is 0 Å². The van der Waals surface area contributed by atoms with Crippen molar-refractivity contribution in [2.24, 2.45) is 0 Å². The zero-order valence-electron chi connectivity index (χ0n) is 19.0. The van der Waals surface area contributed by atoms with Gasteiger partial charge in [0.25, 0.3) is 0 Å². The Kier molecular flexibility index (Phi) is 15.6. The van der Waals surface area contributed by atoms with Crippen LogP contribution in [0.1, 0.15) is 84.0 Å². The average molecular weight is 414 g/mol. The van der Waals surface area contributed by atoms with E-state index in [0.717, 1.165) is 38.5 Å². The first-order valence-corrected chi connectivity index (χ1v) is 11.2. The van der Waals surface area contributed by atoms with E-state index in [4.69, 9.17) is 4.74 Å². The molecule has 0 radical (unpaired) electrons. The molecule has 0 bridgehead atoms. The van der Waals surface area contributed by atoms with Gasteiger partial charge in [0.05, 0.1) is 33.7 Å². The number of unbranched alkanes of at least 4 members (excludes halogenated alkanes) is 6. The van der Waals surface area contributed by atoms with Crippen LogP contribution in [0.2, 0.25) is 0 Å². The van der Waals surface area contributed by atoms with E-state index in [2.05, 4.69) is 6.92 Å². The summed E-state index contributed by atoms with van der Waals surface area (Å²) in [5.41, 5.74) is 0. The Hall–Kier alpha value is -1.40. The minimum atomic E-state index is -1.21. The maximum absolute atomic E-state index is 11.9. The minimum Gasteiger partial charge on any atom is -0.550 e. The number of aliphatic hydroxyl groups excluding tert-OH is 1. The summed E-state index contributed by atoms with van der Waals surface area (Å²) in [7, 11) is 5.75. The lowest BCUT2D eigenvalue weighted by molar-refractivity contribution is -0.873. The number of carbonyl (C=O) groups is 2. The predicted octanol–water partition coefficient (Wildman–Crippen LogP) is 2.97. The summed E-state index contributed by atoms with van der Waals surface area (Å²) >= 11 is 0. The van der Waals surface area contributed by atoms with Crippen LogP contribution < -0.4 is 5.11 Å². The largest absolute Gasteiger partial charge is 0.550 e. The van der Waals surface area contributed by atoms with Gasteiger partial charge >= 0.3 is 5.97 Å². The number of hydrogen-bond donors (Lipinski definition) is 1. The summed E-state index contributed by atoms with van der Waals surface area (Å²) in [5.74, 6) is -1.63. The average Bonchev–Trinajstić information content (AvgIpc) is 2.58. The number of ether oxygens (including phenoxy) is 1. The highest BCUT2D eigenvalue weighted by atomic mass is 16.5. The SMILES string of the molecule is CCCCCCCC(O)CCCC/C=C/CC(=O)OC(CC(=O)[O-])C[N+](C)(C)C. The van der Waals surface area contributed by atoms with Crippen LogP contribution in [-0.4, -0.2) is 61.4 Å². The zero-order chi connectivity index (χ0) is 22.1. The fourth-order valence-electron chi connectivity index (χ4n) is 3.24. The lowest BCUT2D eigenvalue weighted by atomic mass is 10.0. The number of likely N-dealkylation sites (N-methyl/N-ethyl adjacent to an activating group) is 1. The summed E-state index contributed by atoms with van der Waals surface area (Å²) in [6.45, 7) is 2.62. The minimum absolute atomic E-state index is 0.140. The van der Waals surface area contributed by atoms with Crippen LogP contribution in [0.4, 0.5) is 0 Å². The Bertz CT molecular complexity index is 470. The number of aliphatic hydroxyl groups is 1. The van der Waals surface area contributed by atoms with E-state index >= 15 is 0 Å². The molecule has 0 aliphatic heterocycles. The highest BCUT2D eigenvalue weighted by molar-refractivity contribution is 5.72. The highest BCUT2D eigenvalue weighted by Gasteiger charge is 2.21. The molecule has 0 fully saturated rings. The standard InChI is InChI=1S/C23H43NO5/c1-5-6-7-9-12-15-20(25)16-13-10-8-11-14-17-23(28)29-21(18-22(26)27)19-24(2,3)4/h11,14,20-21,25H,5-10,12-13,15-19H2,1-4H3/b14-11+. The molecule has 6 nitrogen and oxygen atoms in total. The van der Waals surface area contributed by atoms with Gasteiger partial charge in [0.2, 0.25) is 0 Å². The van der Waals surface area contributed by atoms with Crippen molar-refractivity contribution in [3.63, 3.8) is 0 Å². The molecule has 0 aromatic rings. The molecule has 0 spiro atoms. The van der Waals surface area contributed by atoms with Gasteiger partial charge in [0.15, 0.2) is 6.10 Å². The van der Waals surface area contributed by atoms with Crippen molar-refractivity contribution < 1.29 is 29.0 Å². The first-order chi connectivity index (χ1) is 13.6. The molecule has 6 heteroatoms. The Morgan fingerprint density at radius 3 is 2.21 bits per heavy atom. The second kappa shape index (κ2) is 16.4. The van der Waals surface area contributed by atoms with Gasteiger partial charge in [0.1, 0.15) is 6.54 Å². The monoisotopic (exact) mass is 413 g/mol. The maximum atomic E-state index is 11.9. The van der Waals surface area contributed by atoms with Crippen molar-refractivity contribution in [2.45, 2.75) is 96.2 Å². The zero-order valence-corrected chi connectivity index (χ0v) is 19.0. The summed E-state index contributed by atoms with van der Waals surface area (Å²) in [5, 5.41) is 20.8. The lowest BCUT2D eigenvalue weighted by Crippen LogP contribution is -2.45. The van der Waals surface area contributed by atoms with E-state index in [1.807, 2.05) is 27.2 Å². The van der Waals surface area contributed by atoms with Crippen LogP contribution in [0.5, 0.6) is 0 Å². The van der Waals surface area contributed by atoms with Crippen molar-refractivity contribution in [1.29, 1.82) is 0 Å². The van der Waals surface area contributed by atoms with Crippen LogP contribution in [0.25, 0.3) is 0 Å². The number of rotatable bonds is 18. The van der Waals surface area contributed by atoms with Crippen LogP contribution in [-0.2, 0) is 14.3 Å². The van der Waals surface area contributed by atoms with Crippen LogP contribution in [0, 0.1) is 0 Å². The first-order valence-electron chi connectivity index (χ1n) is 11.2. The molecule has 2 atom stereocenters. The molecule has 29 heavy (non-hydrogen) atoms. The third-order valence-electron chi connectivity index (χ3n) is 4.69. The number of quaternary nitrogens is 1. The summed E-state index contributed by atoms with van der Waals surface area (Å²) in [6.07, 6.45) is 13.3. The topological polar surface area (TPSA) is 86.7 Å². The van der Waals surface area contributed by atoms with Crippen LogP contribution >= 0.6 is 0 Å². The molecule has 0 amide bonds. The first kappa shape index (κ1) is 27.6. The number of carboxylic acids is 1. The number of esters is 1. The van der Waals surface area contributed by atoms with Gasteiger partial charge < -0.3 is 24.2 Å². The van der Waals surface area contributed by atoms with Gasteiger partial charge in [0, 0.05) is 12.4 Å². The van der Waals surface area contributed by atoms with Crippen molar-refractivity contribution in [3.05, 3.63) is 12.2 Å². The fraction of sp³-hybridized carbons (Fsp3) is 0.826. The van der Waals surface area contributed by atoms with Gasteiger partial charge in [-0.3, -0.25) is 4.79 Å². The number of nitrogens with zero attached hydrogens (tertiary/aromatic N) is 1. The van der Waals surface area contributed by atoms with Crippen LogP contribution in [0.15, 0.2) is 12.2 Å². The van der Waals surface area contributed by atoms with Crippen molar-refractivity contribution in [3.8, 4) is 0 Å². The Balaban J connectivity index is 3.89. The van der Waals surface area contributed by atoms with Crippen molar-refractivity contribution >= 4 is 11.9 Å². The summed E-state index contributed by atoms with van der Waals surface area (Å²) < 4.78 is 5.80. The molecule has 0 saturated heterocycles. The normalized spacial score (nSPS) is 14.1. The Labute approximate surface area is 177 Å². The molecule has 0 aromatic heterocycles. The Morgan fingerprint density at radius 1 is 1.00 bits per heavy atom. The number of carboxylic acid groups (broad SMARTS) is 1. The van der Waals surface area contributed by atoms with Crippen LogP contribution in [0.3, 0.4) is 0 Å². The highest BCUT2D eigenvalue weighted by Crippen LogP contribution is 2.12. The molecule has 1 N–H and O–H groups in total. The lowest BCUT2D eigenvalue weighted by Gasteiger charge is -2.29. The third-order valence-corrected chi connectivity index (χ3v) is 4.69. The molecule has 170 valence electrons. The molecule has 0 rings (SSSR count). The van der Waals surface area contributed by atoms with E-state index in [1.54, 1.807) is 6.08 Å². The van der Waals surface area contributed by atoms with E-state index in [0.29, 0.717) is 11.0 Å². The molecular formula is C23H43NO5.